The molecule has 1 N–H and O–H groups in total. The molecule has 0 amide bonds. The lowest BCUT2D eigenvalue weighted by Gasteiger charge is -2.14. The van der Waals surface area contributed by atoms with Crippen molar-refractivity contribution in [2.45, 2.75) is 25.9 Å². The zero-order chi connectivity index (χ0) is 11.8. The molecule has 0 aromatic carbocycles. The van der Waals surface area contributed by atoms with Gasteiger partial charge in [-0.15, -0.1) is 0 Å². The van der Waals surface area contributed by atoms with Crippen molar-refractivity contribution in [3.8, 4) is 0 Å². The summed E-state index contributed by atoms with van der Waals surface area (Å²) in [6.07, 6.45) is 1.93. The third-order valence-corrected chi connectivity index (χ3v) is 2.56. The van der Waals surface area contributed by atoms with Crippen LogP contribution >= 0.6 is 0 Å². The van der Waals surface area contributed by atoms with Gasteiger partial charge in [-0.05, 0) is 26.0 Å². The first-order chi connectivity index (χ1) is 7.51. The largest absolute Gasteiger partial charge is 0.478 e. The highest BCUT2D eigenvalue weighted by atomic mass is 16.7. The van der Waals surface area contributed by atoms with Gasteiger partial charge in [0.05, 0.1) is 5.71 Å². The van der Waals surface area contributed by atoms with Crippen LogP contribution in [0.4, 0.5) is 0 Å². The maximum atomic E-state index is 10.9. The highest BCUT2D eigenvalue weighted by molar-refractivity contribution is 6.04. The molecule has 1 atom stereocenters. The summed E-state index contributed by atoms with van der Waals surface area (Å²) in [7, 11) is 0. The third kappa shape index (κ3) is 1.76. The Morgan fingerprint density at radius 2 is 2.31 bits per heavy atom. The topological polar surface area (TPSA) is 71.8 Å². The Bertz CT molecular complexity index is 453. The minimum atomic E-state index is -1.25. The number of hydrogen-bond donors (Lipinski definition) is 1. The van der Waals surface area contributed by atoms with E-state index in [9.17, 15) is 4.79 Å². The van der Waals surface area contributed by atoms with Crippen molar-refractivity contribution in [3.63, 3.8) is 0 Å². The second-order valence-corrected chi connectivity index (χ2v) is 4.03. The number of aliphatic carboxylic acids is 1. The van der Waals surface area contributed by atoms with Gasteiger partial charge < -0.3 is 9.94 Å². The number of pyridine rings is 1. The molecule has 1 aliphatic rings. The van der Waals surface area contributed by atoms with Crippen LogP contribution in [0.5, 0.6) is 0 Å². The number of nitrogens with zero attached hydrogens (tertiary/aromatic N) is 2. The van der Waals surface area contributed by atoms with Crippen molar-refractivity contribution in [2.75, 3.05) is 0 Å². The highest BCUT2D eigenvalue weighted by Crippen LogP contribution is 2.26. The van der Waals surface area contributed by atoms with Crippen LogP contribution < -0.4 is 0 Å². The van der Waals surface area contributed by atoms with E-state index in [2.05, 4.69) is 10.1 Å². The summed E-state index contributed by atoms with van der Waals surface area (Å²) in [6.45, 7) is 3.39. The van der Waals surface area contributed by atoms with Gasteiger partial charge in [0.2, 0.25) is 5.60 Å². The molecule has 16 heavy (non-hydrogen) atoms. The van der Waals surface area contributed by atoms with E-state index in [0.717, 1.165) is 11.3 Å². The molecule has 0 spiro atoms. The average molecular weight is 220 g/mol. The Kier molecular flexibility index (Phi) is 2.38. The number of aromatic nitrogens is 1. The molecule has 1 aliphatic heterocycles. The molecule has 2 heterocycles. The van der Waals surface area contributed by atoms with Crippen molar-refractivity contribution >= 4 is 11.7 Å². The van der Waals surface area contributed by atoms with Gasteiger partial charge in [0.1, 0.15) is 0 Å². The molecule has 5 nitrogen and oxygen atoms in total. The molecule has 0 aliphatic carbocycles. The Morgan fingerprint density at radius 3 is 2.81 bits per heavy atom. The summed E-state index contributed by atoms with van der Waals surface area (Å²) in [6, 6.07) is 3.71. The summed E-state index contributed by atoms with van der Waals surface area (Å²) in [5.41, 5.74) is 1.08. The lowest BCUT2D eigenvalue weighted by molar-refractivity contribution is -0.160. The second-order valence-electron chi connectivity index (χ2n) is 4.03. The van der Waals surface area contributed by atoms with E-state index < -0.39 is 11.6 Å². The lowest BCUT2D eigenvalue weighted by atomic mass is 9.97. The molecule has 1 unspecified atom stereocenters. The maximum absolute atomic E-state index is 10.9. The van der Waals surface area contributed by atoms with E-state index in [-0.39, 0.29) is 6.42 Å². The zero-order valence-electron chi connectivity index (χ0n) is 9.10. The minimum Gasteiger partial charge on any atom is -0.478 e. The number of carbonyl (C=O) groups is 1. The van der Waals surface area contributed by atoms with E-state index in [1.807, 2.05) is 19.1 Å². The standard InChI is InChI=1S/C11H12N2O3/c1-7-3-4-8(6-12-7)9-5-11(2,10(14)15)16-13-9/h3-4,6H,5H2,1-2H3,(H,14,15). The Morgan fingerprint density at radius 1 is 1.56 bits per heavy atom. The van der Waals surface area contributed by atoms with Gasteiger partial charge in [0.15, 0.2) is 0 Å². The summed E-state index contributed by atoms with van der Waals surface area (Å²) in [4.78, 5) is 20.0. The van der Waals surface area contributed by atoms with E-state index in [4.69, 9.17) is 9.94 Å². The van der Waals surface area contributed by atoms with E-state index >= 15 is 0 Å². The number of hydrogen-bond acceptors (Lipinski definition) is 4. The summed E-state index contributed by atoms with van der Waals surface area (Å²) in [5, 5.41) is 12.8. The summed E-state index contributed by atoms with van der Waals surface area (Å²) >= 11 is 0. The molecule has 2 rings (SSSR count). The van der Waals surface area contributed by atoms with Crippen molar-refractivity contribution in [1.82, 2.24) is 4.98 Å². The van der Waals surface area contributed by atoms with Crippen LogP contribution in [0.2, 0.25) is 0 Å². The fraction of sp³-hybridized carbons (Fsp3) is 0.364. The first kappa shape index (κ1) is 10.6. The first-order valence-corrected chi connectivity index (χ1v) is 4.93. The number of carboxylic acid groups (broad SMARTS) is 1. The molecule has 0 fully saturated rings. The average Bonchev–Trinajstić information content (AvgIpc) is 2.63. The summed E-state index contributed by atoms with van der Waals surface area (Å²) < 4.78 is 0. The van der Waals surface area contributed by atoms with Crippen LogP contribution in [0.3, 0.4) is 0 Å². The SMILES string of the molecule is Cc1ccc(C2=NOC(C)(C(=O)O)C2)cn1. The number of oxime groups is 1. The maximum Gasteiger partial charge on any atom is 0.351 e. The molecule has 0 bridgehead atoms. The van der Waals surface area contributed by atoms with Crippen LogP contribution in [-0.2, 0) is 9.63 Å². The predicted octanol–water partition coefficient (Wildman–Crippen LogP) is 1.36. The minimum absolute atomic E-state index is 0.257. The predicted molar refractivity (Wildman–Crippen MR) is 57.3 cm³/mol. The number of rotatable bonds is 2. The van der Waals surface area contributed by atoms with Crippen LogP contribution in [0, 0.1) is 6.92 Å². The van der Waals surface area contributed by atoms with Crippen LogP contribution in [-0.4, -0.2) is 27.4 Å². The van der Waals surface area contributed by atoms with Crippen LogP contribution in [0.25, 0.3) is 0 Å². The molecule has 1 aromatic heterocycles. The van der Waals surface area contributed by atoms with Crippen molar-refractivity contribution in [3.05, 3.63) is 29.6 Å². The Balaban J connectivity index is 2.20. The monoisotopic (exact) mass is 220 g/mol. The van der Waals surface area contributed by atoms with E-state index in [0.29, 0.717) is 5.71 Å². The van der Waals surface area contributed by atoms with E-state index in [1.165, 1.54) is 6.92 Å². The Hall–Kier alpha value is -1.91. The van der Waals surface area contributed by atoms with Crippen molar-refractivity contribution in [1.29, 1.82) is 0 Å². The fourth-order valence-electron chi connectivity index (χ4n) is 1.45. The number of carboxylic acids is 1. The van der Waals surface area contributed by atoms with E-state index in [1.54, 1.807) is 6.20 Å². The third-order valence-electron chi connectivity index (χ3n) is 2.56. The molecular weight excluding hydrogens is 208 g/mol. The quantitative estimate of drug-likeness (QED) is 0.816. The van der Waals surface area contributed by atoms with Gasteiger partial charge in [-0.2, -0.15) is 0 Å². The van der Waals surface area contributed by atoms with Crippen molar-refractivity contribution in [2.24, 2.45) is 5.16 Å². The summed E-state index contributed by atoms with van der Waals surface area (Å²) in [5.74, 6) is -1.01. The van der Waals surface area contributed by atoms with Gasteiger partial charge in [-0.3, -0.25) is 4.98 Å². The first-order valence-electron chi connectivity index (χ1n) is 4.93. The molecule has 84 valence electrons. The number of aryl methyl sites for hydroxylation is 1. The molecular formula is C11H12N2O3. The van der Waals surface area contributed by atoms with Gasteiger partial charge in [-0.1, -0.05) is 5.16 Å². The van der Waals surface area contributed by atoms with Crippen LogP contribution in [0.1, 0.15) is 24.6 Å². The van der Waals surface area contributed by atoms with Crippen LogP contribution in [0.15, 0.2) is 23.5 Å². The molecule has 0 saturated carbocycles. The molecule has 0 radical (unpaired) electrons. The zero-order valence-corrected chi connectivity index (χ0v) is 9.10. The smallest absolute Gasteiger partial charge is 0.351 e. The molecule has 1 aromatic rings. The Labute approximate surface area is 92.8 Å². The normalized spacial score (nSPS) is 23.8. The fourth-order valence-corrected chi connectivity index (χ4v) is 1.45. The lowest BCUT2D eigenvalue weighted by Crippen LogP contribution is -2.35. The highest BCUT2D eigenvalue weighted by Gasteiger charge is 2.42. The van der Waals surface area contributed by atoms with Gasteiger partial charge in [0, 0.05) is 23.9 Å². The van der Waals surface area contributed by atoms with Gasteiger partial charge in [-0.25, -0.2) is 4.79 Å². The van der Waals surface area contributed by atoms with Crippen molar-refractivity contribution < 1.29 is 14.7 Å². The molecule has 0 saturated heterocycles. The van der Waals surface area contributed by atoms with Gasteiger partial charge in [0.25, 0.3) is 0 Å². The molecule has 5 heteroatoms. The van der Waals surface area contributed by atoms with Gasteiger partial charge >= 0.3 is 5.97 Å². The second kappa shape index (κ2) is 3.59.